The van der Waals surface area contributed by atoms with E-state index in [9.17, 15) is 4.79 Å². The lowest BCUT2D eigenvalue weighted by atomic mass is 9.99. The van der Waals surface area contributed by atoms with Crippen molar-refractivity contribution in [1.29, 1.82) is 0 Å². The lowest BCUT2D eigenvalue weighted by Crippen LogP contribution is -2.42. The number of nitrogens with one attached hydrogen (secondary N) is 1. The first-order valence-electron chi connectivity index (χ1n) is 5.80. The van der Waals surface area contributed by atoms with Gasteiger partial charge in [0.25, 0.3) is 5.91 Å². The Labute approximate surface area is 106 Å². The Balaban J connectivity index is 2.38. The maximum atomic E-state index is 11.9. The summed E-state index contributed by atoms with van der Waals surface area (Å²) in [5, 5.41) is 3.69. The quantitative estimate of drug-likeness (QED) is 0.802. The van der Waals surface area contributed by atoms with Crippen molar-refractivity contribution in [2.75, 3.05) is 14.1 Å². The fourth-order valence-corrected chi connectivity index (χ4v) is 1.95. The summed E-state index contributed by atoms with van der Waals surface area (Å²) in [5.41, 5.74) is 9.53. The normalized spacial score (nSPS) is 12.7. The molecular weight excluding hydrogens is 226 g/mol. The molecule has 0 saturated heterocycles. The largest absolute Gasteiger partial charge is 0.316 e. The van der Waals surface area contributed by atoms with Crippen molar-refractivity contribution >= 4 is 16.7 Å². The van der Waals surface area contributed by atoms with Gasteiger partial charge in [-0.1, -0.05) is 42.5 Å². The van der Waals surface area contributed by atoms with Crippen molar-refractivity contribution in [2.24, 2.45) is 5.73 Å². The lowest BCUT2D eigenvalue weighted by Gasteiger charge is -2.18. The summed E-state index contributed by atoms with van der Waals surface area (Å²) < 4.78 is 0. The maximum Gasteiger partial charge on any atom is 0.255 e. The minimum atomic E-state index is -0.668. The van der Waals surface area contributed by atoms with Crippen LogP contribution in [0.4, 0.5) is 0 Å². The second-order valence-electron chi connectivity index (χ2n) is 4.42. The molecule has 0 aliphatic heterocycles. The minimum Gasteiger partial charge on any atom is -0.316 e. The molecule has 2 aromatic carbocycles. The van der Waals surface area contributed by atoms with Crippen LogP contribution in [-0.2, 0) is 4.79 Å². The summed E-state index contributed by atoms with van der Waals surface area (Å²) in [6.07, 6.45) is 0. The summed E-state index contributed by atoms with van der Waals surface area (Å²) in [6, 6.07) is 13.1. The highest BCUT2D eigenvalue weighted by molar-refractivity contribution is 5.92. The van der Waals surface area contributed by atoms with Crippen LogP contribution in [0.5, 0.6) is 0 Å². The second-order valence-corrected chi connectivity index (χ2v) is 4.42. The van der Waals surface area contributed by atoms with E-state index in [1.807, 2.05) is 42.5 Å². The van der Waals surface area contributed by atoms with Crippen molar-refractivity contribution < 1.29 is 4.79 Å². The van der Waals surface area contributed by atoms with Gasteiger partial charge in [0, 0.05) is 14.1 Å². The van der Waals surface area contributed by atoms with E-state index in [-0.39, 0.29) is 5.91 Å². The number of nitrogens with zero attached hydrogens (tertiary/aromatic N) is 1. The van der Waals surface area contributed by atoms with Gasteiger partial charge in [0.05, 0.1) is 0 Å². The summed E-state index contributed by atoms with van der Waals surface area (Å²) in [7, 11) is 3.52. The minimum absolute atomic E-state index is 0.212. The van der Waals surface area contributed by atoms with E-state index >= 15 is 0 Å². The fraction of sp³-hybridized carbons (Fsp3) is 0.214. The molecule has 0 spiro atoms. The number of hydrazine groups is 1. The summed E-state index contributed by atoms with van der Waals surface area (Å²) >= 11 is 0. The van der Waals surface area contributed by atoms with E-state index in [0.717, 1.165) is 16.3 Å². The van der Waals surface area contributed by atoms with E-state index in [1.165, 1.54) is 0 Å². The Morgan fingerprint density at radius 2 is 1.83 bits per heavy atom. The first-order valence-corrected chi connectivity index (χ1v) is 5.80. The highest BCUT2D eigenvalue weighted by atomic mass is 16.2. The number of carbonyl (C=O) groups is 1. The van der Waals surface area contributed by atoms with Crippen LogP contribution in [0.3, 0.4) is 0 Å². The Morgan fingerprint density at radius 3 is 2.56 bits per heavy atom. The number of carbonyl (C=O) groups excluding carboxylic acids is 1. The average molecular weight is 243 g/mol. The zero-order chi connectivity index (χ0) is 13.1. The van der Waals surface area contributed by atoms with Gasteiger partial charge in [-0.05, 0) is 16.3 Å². The number of amides is 1. The Bertz CT molecular complexity index is 560. The molecule has 0 heterocycles. The van der Waals surface area contributed by atoms with Gasteiger partial charge in [-0.2, -0.15) is 0 Å². The summed E-state index contributed by atoms with van der Waals surface area (Å²) in [5.74, 6) is -0.212. The van der Waals surface area contributed by atoms with Crippen LogP contribution >= 0.6 is 0 Å². The number of benzene rings is 2. The molecule has 4 heteroatoms. The topological polar surface area (TPSA) is 58.4 Å². The number of fused-ring (bicyclic) bond motifs is 1. The molecule has 4 nitrogen and oxygen atoms in total. The Morgan fingerprint density at radius 1 is 1.17 bits per heavy atom. The number of nitrogens with two attached hydrogens (primary N) is 1. The van der Waals surface area contributed by atoms with Gasteiger partial charge in [0.1, 0.15) is 6.04 Å². The molecule has 2 rings (SSSR count). The molecule has 0 bridgehead atoms. The van der Waals surface area contributed by atoms with Gasteiger partial charge in [-0.15, -0.1) is 0 Å². The first kappa shape index (κ1) is 12.5. The van der Waals surface area contributed by atoms with Crippen molar-refractivity contribution in [3.05, 3.63) is 48.0 Å². The van der Waals surface area contributed by atoms with E-state index in [1.54, 1.807) is 19.1 Å². The molecule has 0 radical (unpaired) electrons. The van der Waals surface area contributed by atoms with Gasteiger partial charge in [0.15, 0.2) is 0 Å². The second kappa shape index (κ2) is 5.16. The van der Waals surface area contributed by atoms with E-state index < -0.39 is 6.04 Å². The molecule has 94 valence electrons. The lowest BCUT2D eigenvalue weighted by molar-refractivity contribution is -0.126. The van der Waals surface area contributed by atoms with Crippen molar-refractivity contribution in [2.45, 2.75) is 6.04 Å². The smallest absolute Gasteiger partial charge is 0.255 e. The summed E-state index contributed by atoms with van der Waals surface area (Å²) in [4.78, 5) is 11.9. The molecule has 0 saturated carbocycles. The molecule has 18 heavy (non-hydrogen) atoms. The Kier molecular flexibility index (Phi) is 3.60. The standard InChI is InChI=1S/C14H17N3O/c1-17(2)16-14(18)13(15)12-9-5-7-10-6-3-4-8-11(10)12/h3-9,13H,15H2,1-2H3,(H,16,18). The molecule has 0 aromatic heterocycles. The molecule has 1 atom stereocenters. The highest BCUT2D eigenvalue weighted by Gasteiger charge is 2.18. The fourth-order valence-electron chi connectivity index (χ4n) is 1.95. The number of hydrogen-bond donors (Lipinski definition) is 2. The van der Waals surface area contributed by atoms with Crippen LogP contribution in [-0.4, -0.2) is 25.0 Å². The average Bonchev–Trinajstić information content (AvgIpc) is 2.36. The van der Waals surface area contributed by atoms with E-state index in [0.29, 0.717) is 0 Å². The highest BCUT2D eigenvalue weighted by Crippen LogP contribution is 2.23. The third-order valence-electron chi connectivity index (χ3n) is 2.77. The van der Waals surface area contributed by atoms with E-state index in [2.05, 4.69) is 5.43 Å². The van der Waals surface area contributed by atoms with Gasteiger partial charge in [0.2, 0.25) is 0 Å². The Hall–Kier alpha value is -1.91. The predicted octanol–water partition coefficient (Wildman–Crippen LogP) is 1.43. The van der Waals surface area contributed by atoms with Gasteiger partial charge < -0.3 is 5.73 Å². The van der Waals surface area contributed by atoms with Crippen LogP contribution in [0.1, 0.15) is 11.6 Å². The number of rotatable bonds is 3. The van der Waals surface area contributed by atoms with Crippen LogP contribution < -0.4 is 11.2 Å². The van der Waals surface area contributed by atoms with Crippen LogP contribution in [0, 0.1) is 0 Å². The zero-order valence-corrected chi connectivity index (χ0v) is 10.6. The van der Waals surface area contributed by atoms with E-state index in [4.69, 9.17) is 5.73 Å². The van der Waals surface area contributed by atoms with Crippen LogP contribution in [0.2, 0.25) is 0 Å². The van der Waals surface area contributed by atoms with Gasteiger partial charge >= 0.3 is 0 Å². The van der Waals surface area contributed by atoms with Crippen molar-refractivity contribution in [3.8, 4) is 0 Å². The third-order valence-corrected chi connectivity index (χ3v) is 2.77. The monoisotopic (exact) mass is 243 g/mol. The first-order chi connectivity index (χ1) is 8.59. The summed E-state index contributed by atoms with van der Waals surface area (Å²) in [6.45, 7) is 0. The van der Waals surface area contributed by atoms with Crippen LogP contribution in [0.15, 0.2) is 42.5 Å². The SMILES string of the molecule is CN(C)NC(=O)C(N)c1cccc2ccccc12. The molecule has 1 amide bonds. The maximum absolute atomic E-state index is 11.9. The third kappa shape index (κ3) is 2.50. The molecule has 1 unspecified atom stereocenters. The molecule has 0 aliphatic rings. The zero-order valence-electron chi connectivity index (χ0n) is 10.6. The van der Waals surface area contributed by atoms with Gasteiger partial charge in [-0.3, -0.25) is 10.2 Å². The molecule has 2 aromatic rings. The molecule has 0 fully saturated rings. The number of hydrogen-bond acceptors (Lipinski definition) is 3. The molecular formula is C14H17N3O. The van der Waals surface area contributed by atoms with Crippen molar-refractivity contribution in [3.63, 3.8) is 0 Å². The van der Waals surface area contributed by atoms with Crippen molar-refractivity contribution in [1.82, 2.24) is 10.4 Å². The van der Waals surface area contributed by atoms with Crippen LogP contribution in [0.25, 0.3) is 10.8 Å². The predicted molar refractivity (Wildman–Crippen MR) is 72.7 cm³/mol. The molecule has 0 aliphatic carbocycles. The van der Waals surface area contributed by atoms with Gasteiger partial charge in [-0.25, -0.2) is 5.01 Å². The molecule has 3 N–H and O–H groups in total.